The Bertz CT molecular complexity index is 715. The summed E-state index contributed by atoms with van der Waals surface area (Å²) in [5, 5.41) is 4.51. The summed E-state index contributed by atoms with van der Waals surface area (Å²) >= 11 is 2.41. The molecule has 20 heavy (non-hydrogen) atoms. The molecule has 2 nitrogen and oxygen atoms in total. The first-order chi connectivity index (χ1) is 9.70. The third-order valence-corrected chi connectivity index (χ3v) is 5.02. The van der Waals surface area contributed by atoms with Crippen LogP contribution in [0.1, 0.15) is 22.9 Å². The van der Waals surface area contributed by atoms with E-state index < -0.39 is 0 Å². The summed E-state index contributed by atoms with van der Waals surface area (Å²) in [7, 11) is 1.97. The molecule has 0 aliphatic carbocycles. The van der Waals surface area contributed by atoms with Gasteiger partial charge in [0.1, 0.15) is 11.3 Å². The summed E-state index contributed by atoms with van der Waals surface area (Å²) in [4.78, 5) is 0. The van der Waals surface area contributed by atoms with Crippen molar-refractivity contribution in [2.45, 2.75) is 13.0 Å². The molecule has 0 aliphatic rings. The van der Waals surface area contributed by atoms with Gasteiger partial charge in [-0.3, -0.25) is 0 Å². The Kier molecular flexibility index (Phi) is 3.81. The Hall–Kier alpha value is -1.33. The van der Waals surface area contributed by atoms with Crippen molar-refractivity contribution in [1.82, 2.24) is 5.32 Å². The highest BCUT2D eigenvalue weighted by Crippen LogP contribution is 2.31. The number of nitrogens with one attached hydrogen (secondary N) is 1. The van der Waals surface area contributed by atoms with Crippen LogP contribution >= 0.6 is 22.6 Å². The van der Waals surface area contributed by atoms with E-state index in [0.717, 1.165) is 16.7 Å². The van der Waals surface area contributed by atoms with Crippen molar-refractivity contribution in [3.05, 3.63) is 69.0 Å². The van der Waals surface area contributed by atoms with E-state index in [0.29, 0.717) is 0 Å². The molecule has 1 atom stereocenters. The lowest BCUT2D eigenvalue weighted by molar-refractivity contribution is 0.490. The molecular weight excluding hydrogens is 361 g/mol. The average Bonchev–Trinajstić information content (AvgIpc) is 2.87. The van der Waals surface area contributed by atoms with Gasteiger partial charge in [-0.1, -0.05) is 36.4 Å². The zero-order valence-electron chi connectivity index (χ0n) is 11.5. The predicted octanol–water partition coefficient (Wildman–Crippen LogP) is 4.65. The lowest BCUT2D eigenvalue weighted by Crippen LogP contribution is -2.18. The maximum absolute atomic E-state index is 6.00. The SMILES string of the molecule is CNC(c1cc2ccccc2o1)c1cccc(C)c1I. The number of benzene rings is 2. The van der Waals surface area contributed by atoms with E-state index >= 15 is 0 Å². The summed E-state index contributed by atoms with van der Waals surface area (Å²) in [6.45, 7) is 2.14. The molecule has 0 saturated heterocycles. The van der Waals surface area contributed by atoms with E-state index in [1.807, 2.05) is 25.2 Å². The van der Waals surface area contributed by atoms with Gasteiger partial charge in [0, 0.05) is 8.96 Å². The predicted molar refractivity (Wildman–Crippen MR) is 91.0 cm³/mol. The minimum Gasteiger partial charge on any atom is -0.459 e. The highest BCUT2D eigenvalue weighted by molar-refractivity contribution is 14.1. The van der Waals surface area contributed by atoms with Crippen molar-refractivity contribution >= 4 is 33.6 Å². The lowest BCUT2D eigenvalue weighted by atomic mass is 10.0. The average molecular weight is 377 g/mol. The van der Waals surface area contributed by atoms with Gasteiger partial charge in [-0.2, -0.15) is 0 Å². The molecule has 3 aromatic rings. The maximum atomic E-state index is 6.00. The lowest BCUT2D eigenvalue weighted by Gasteiger charge is -2.17. The Morgan fingerprint density at radius 3 is 2.65 bits per heavy atom. The van der Waals surface area contributed by atoms with E-state index in [1.165, 1.54) is 14.7 Å². The quantitative estimate of drug-likeness (QED) is 0.672. The number of aryl methyl sites for hydroxylation is 1. The standard InChI is InChI=1S/C17H16INO/c1-11-6-5-8-13(16(11)18)17(19-2)15-10-12-7-3-4-9-14(12)20-15/h3-10,17,19H,1-2H3. The minimum atomic E-state index is 0.0780. The molecule has 3 rings (SSSR count). The molecule has 2 aromatic carbocycles. The zero-order valence-corrected chi connectivity index (χ0v) is 13.6. The van der Waals surface area contributed by atoms with Gasteiger partial charge in [-0.15, -0.1) is 0 Å². The molecule has 0 fully saturated rings. The molecule has 0 spiro atoms. The molecule has 0 saturated carbocycles. The third-order valence-electron chi connectivity index (χ3n) is 3.55. The maximum Gasteiger partial charge on any atom is 0.134 e. The van der Waals surface area contributed by atoms with Crippen LogP contribution < -0.4 is 5.32 Å². The highest BCUT2D eigenvalue weighted by atomic mass is 127. The molecule has 102 valence electrons. The minimum absolute atomic E-state index is 0.0780. The van der Waals surface area contributed by atoms with Gasteiger partial charge in [-0.05, 0) is 59.8 Å². The first-order valence-corrected chi connectivity index (χ1v) is 7.69. The molecule has 1 unspecified atom stereocenters. The number of fused-ring (bicyclic) bond motifs is 1. The first kappa shape index (κ1) is 13.6. The summed E-state index contributed by atoms with van der Waals surface area (Å²) < 4.78 is 7.29. The van der Waals surface area contributed by atoms with Crippen LogP contribution in [0.2, 0.25) is 0 Å². The zero-order chi connectivity index (χ0) is 14.1. The molecule has 1 N–H and O–H groups in total. The Morgan fingerprint density at radius 1 is 1.10 bits per heavy atom. The van der Waals surface area contributed by atoms with Gasteiger partial charge in [0.2, 0.25) is 0 Å². The van der Waals surface area contributed by atoms with Crippen LogP contribution in [0.25, 0.3) is 11.0 Å². The van der Waals surface area contributed by atoms with E-state index in [2.05, 4.69) is 65.2 Å². The van der Waals surface area contributed by atoms with E-state index in [9.17, 15) is 0 Å². The number of para-hydroxylation sites is 1. The molecular formula is C17H16INO. The van der Waals surface area contributed by atoms with Crippen LogP contribution in [0, 0.1) is 10.5 Å². The number of halogens is 1. The van der Waals surface area contributed by atoms with Crippen molar-refractivity contribution < 1.29 is 4.42 Å². The molecule has 1 heterocycles. The number of rotatable bonds is 3. The van der Waals surface area contributed by atoms with Crippen molar-refractivity contribution in [3.8, 4) is 0 Å². The smallest absolute Gasteiger partial charge is 0.134 e. The fourth-order valence-corrected chi connectivity index (χ4v) is 3.16. The Balaban J connectivity index is 2.11. The normalized spacial score (nSPS) is 12.8. The van der Waals surface area contributed by atoms with Crippen molar-refractivity contribution in [3.63, 3.8) is 0 Å². The molecule has 0 amide bonds. The van der Waals surface area contributed by atoms with Gasteiger partial charge in [0.15, 0.2) is 0 Å². The monoisotopic (exact) mass is 377 g/mol. The van der Waals surface area contributed by atoms with Gasteiger partial charge in [0.05, 0.1) is 6.04 Å². The van der Waals surface area contributed by atoms with Crippen molar-refractivity contribution in [2.75, 3.05) is 7.05 Å². The van der Waals surface area contributed by atoms with Gasteiger partial charge < -0.3 is 9.73 Å². The van der Waals surface area contributed by atoms with Crippen molar-refractivity contribution in [2.24, 2.45) is 0 Å². The third kappa shape index (κ3) is 2.36. The largest absolute Gasteiger partial charge is 0.459 e. The van der Waals surface area contributed by atoms with Crippen LogP contribution in [-0.2, 0) is 0 Å². The van der Waals surface area contributed by atoms with Gasteiger partial charge in [0.25, 0.3) is 0 Å². The fourth-order valence-electron chi connectivity index (χ4n) is 2.49. The number of furan rings is 1. The highest BCUT2D eigenvalue weighted by Gasteiger charge is 2.19. The molecule has 0 aliphatic heterocycles. The molecule has 0 radical (unpaired) electrons. The molecule has 1 aromatic heterocycles. The van der Waals surface area contributed by atoms with E-state index in [-0.39, 0.29) is 6.04 Å². The summed E-state index contributed by atoms with van der Waals surface area (Å²) in [5.41, 5.74) is 3.48. The summed E-state index contributed by atoms with van der Waals surface area (Å²) in [5.74, 6) is 0.956. The summed E-state index contributed by atoms with van der Waals surface area (Å²) in [6, 6.07) is 16.7. The Labute approximate surface area is 132 Å². The Morgan fingerprint density at radius 2 is 1.90 bits per heavy atom. The van der Waals surface area contributed by atoms with Crippen molar-refractivity contribution in [1.29, 1.82) is 0 Å². The second-order valence-electron chi connectivity index (χ2n) is 4.89. The topological polar surface area (TPSA) is 25.2 Å². The molecule has 0 bridgehead atoms. The molecule has 3 heteroatoms. The van der Waals surface area contributed by atoms with Crippen LogP contribution in [0.3, 0.4) is 0 Å². The van der Waals surface area contributed by atoms with E-state index in [1.54, 1.807) is 0 Å². The number of hydrogen-bond donors (Lipinski definition) is 1. The van der Waals surface area contributed by atoms with Crippen LogP contribution in [-0.4, -0.2) is 7.05 Å². The second kappa shape index (κ2) is 5.58. The van der Waals surface area contributed by atoms with Gasteiger partial charge in [-0.25, -0.2) is 0 Å². The van der Waals surface area contributed by atoms with Gasteiger partial charge >= 0.3 is 0 Å². The second-order valence-corrected chi connectivity index (χ2v) is 5.97. The van der Waals surface area contributed by atoms with Crippen LogP contribution in [0.4, 0.5) is 0 Å². The summed E-state index contributed by atoms with van der Waals surface area (Å²) in [6.07, 6.45) is 0. The fraction of sp³-hybridized carbons (Fsp3) is 0.176. The number of hydrogen-bond acceptors (Lipinski definition) is 2. The van der Waals surface area contributed by atoms with Crippen LogP contribution in [0.15, 0.2) is 52.9 Å². The first-order valence-electron chi connectivity index (χ1n) is 6.61. The van der Waals surface area contributed by atoms with E-state index in [4.69, 9.17) is 4.42 Å². The van der Waals surface area contributed by atoms with Crippen LogP contribution in [0.5, 0.6) is 0 Å².